The quantitative estimate of drug-likeness (QED) is 0.812. The largest absolute Gasteiger partial charge is 0.480 e. The molecule has 0 fully saturated rings. The smallest absolute Gasteiger partial charge is 0.326 e. The van der Waals surface area contributed by atoms with E-state index in [1.807, 2.05) is 18.2 Å². The summed E-state index contributed by atoms with van der Waals surface area (Å²) in [4.78, 5) is 22.7. The van der Waals surface area contributed by atoms with Crippen LogP contribution in [0.25, 0.3) is 0 Å². The molecule has 4 nitrogen and oxygen atoms in total. The van der Waals surface area contributed by atoms with Gasteiger partial charge in [0.1, 0.15) is 6.04 Å². The van der Waals surface area contributed by atoms with Crippen LogP contribution in [-0.2, 0) is 15.3 Å². The lowest BCUT2D eigenvalue weighted by Gasteiger charge is -2.17. The van der Waals surface area contributed by atoms with Crippen molar-refractivity contribution in [2.24, 2.45) is 5.92 Å². The topological polar surface area (TPSA) is 66.4 Å². The van der Waals surface area contributed by atoms with Gasteiger partial charge in [0.25, 0.3) is 0 Å². The summed E-state index contributed by atoms with van der Waals surface area (Å²) >= 11 is 7.30. The molecule has 0 bridgehead atoms. The summed E-state index contributed by atoms with van der Waals surface area (Å²) in [6.45, 7) is 3.52. The fourth-order valence-corrected chi connectivity index (χ4v) is 2.62. The van der Waals surface area contributed by atoms with Crippen LogP contribution < -0.4 is 5.32 Å². The van der Waals surface area contributed by atoms with Gasteiger partial charge in [0.2, 0.25) is 5.91 Å². The Hall–Kier alpha value is -1.20. The number of carboxylic acids is 1. The minimum atomic E-state index is -1.01. The lowest BCUT2D eigenvalue weighted by molar-refractivity contribution is -0.142. The van der Waals surface area contributed by atoms with Crippen LogP contribution >= 0.6 is 23.4 Å². The monoisotopic (exact) mass is 315 g/mol. The number of hydrogen-bond acceptors (Lipinski definition) is 3. The first-order valence-corrected chi connectivity index (χ1v) is 7.77. The minimum Gasteiger partial charge on any atom is -0.480 e. The number of aliphatic carboxylic acids is 1. The van der Waals surface area contributed by atoms with Gasteiger partial charge in [0.15, 0.2) is 0 Å². The predicted octanol–water partition coefficient (Wildman–Crippen LogP) is 2.80. The van der Waals surface area contributed by atoms with E-state index in [4.69, 9.17) is 16.7 Å². The van der Waals surface area contributed by atoms with Gasteiger partial charge in [-0.3, -0.25) is 4.79 Å². The molecule has 0 saturated carbocycles. The third-order valence-electron chi connectivity index (χ3n) is 2.64. The molecule has 0 aliphatic carbocycles. The number of benzene rings is 1. The summed E-state index contributed by atoms with van der Waals surface area (Å²) in [5.74, 6) is -0.531. The summed E-state index contributed by atoms with van der Waals surface area (Å²) in [5, 5.41) is 12.2. The maximum Gasteiger partial charge on any atom is 0.326 e. The van der Waals surface area contributed by atoms with Gasteiger partial charge in [0.05, 0.1) is 5.75 Å². The second-order valence-corrected chi connectivity index (χ2v) is 6.17. The molecular formula is C14H18ClNO3S. The summed E-state index contributed by atoms with van der Waals surface area (Å²) in [6.07, 6.45) is 0. The zero-order valence-electron chi connectivity index (χ0n) is 11.4. The molecule has 6 heteroatoms. The van der Waals surface area contributed by atoms with Crippen LogP contribution in [-0.4, -0.2) is 28.8 Å². The SMILES string of the molecule is CC(C)[C@H](NC(=O)CSCc1cccc(Cl)c1)C(=O)O. The van der Waals surface area contributed by atoms with Gasteiger partial charge in [-0.25, -0.2) is 4.79 Å². The van der Waals surface area contributed by atoms with Crippen molar-refractivity contribution in [1.82, 2.24) is 5.32 Å². The molecule has 0 saturated heterocycles. The molecule has 0 spiro atoms. The van der Waals surface area contributed by atoms with Crippen LogP contribution in [0.1, 0.15) is 19.4 Å². The Balaban J connectivity index is 2.38. The van der Waals surface area contributed by atoms with Crippen LogP contribution in [0.5, 0.6) is 0 Å². The van der Waals surface area contributed by atoms with Crippen LogP contribution in [0.2, 0.25) is 5.02 Å². The highest BCUT2D eigenvalue weighted by molar-refractivity contribution is 7.99. The van der Waals surface area contributed by atoms with Gasteiger partial charge in [0, 0.05) is 10.8 Å². The zero-order valence-corrected chi connectivity index (χ0v) is 13.0. The molecule has 0 unspecified atom stereocenters. The average molecular weight is 316 g/mol. The van der Waals surface area contributed by atoms with E-state index >= 15 is 0 Å². The van der Waals surface area contributed by atoms with Crippen molar-refractivity contribution < 1.29 is 14.7 Å². The lowest BCUT2D eigenvalue weighted by Crippen LogP contribution is -2.45. The van der Waals surface area contributed by atoms with Crippen molar-refractivity contribution in [2.45, 2.75) is 25.6 Å². The number of amides is 1. The predicted molar refractivity (Wildman–Crippen MR) is 82.0 cm³/mol. The van der Waals surface area contributed by atoms with Gasteiger partial charge in [-0.2, -0.15) is 0 Å². The van der Waals surface area contributed by atoms with E-state index in [0.29, 0.717) is 10.8 Å². The molecule has 1 aromatic carbocycles. The van der Waals surface area contributed by atoms with Crippen molar-refractivity contribution in [1.29, 1.82) is 0 Å². The Kier molecular flexibility index (Phi) is 6.88. The molecule has 0 radical (unpaired) electrons. The number of nitrogens with one attached hydrogen (secondary N) is 1. The van der Waals surface area contributed by atoms with Crippen LogP contribution in [0.3, 0.4) is 0 Å². The van der Waals surface area contributed by atoms with Crippen molar-refractivity contribution in [2.75, 3.05) is 5.75 Å². The van der Waals surface area contributed by atoms with Gasteiger partial charge < -0.3 is 10.4 Å². The lowest BCUT2D eigenvalue weighted by atomic mass is 10.1. The normalized spacial score (nSPS) is 12.2. The molecule has 0 heterocycles. The minimum absolute atomic E-state index is 0.144. The van der Waals surface area contributed by atoms with Crippen molar-refractivity contribution in [3.63, 3.8) is 0 Å². The van der Waals surface area contributed by atoms with Gasteiger partial charge >= 0.3 is 5.97 Å². The molecule has 1 amide bonds. The standard InChI is InChI=1S/C14H18ClNO3S/c1-9(2)13(14(18)19)16-12(17)8-20-7-10-4-3-5-11(15)6-10/h3-6,9,13H,7-8H2,1-2H3,(H,16,17)(H,18,19)/t13-/m0/s1. The maximum absolute atomic E-state index is 11.7. The Morgan fingerprint density at radius 1 is 1.40 bits per heavy atom. The number of thioether (sulfide) groups is 1. The molecule has 110 valence electrons. The maximum atomic E-state index is 11.7. The molecule has 20 heavy (non-hydrogen) atoms. The third-order valence-corrected chi connectivity index (χ3v) is 3.88. The van der Waals surface area contributed by atoms with Gasteiger partial charge in [-0.15, -0.1) is 11.8 Å². The van der Waals surface area contributed by atoms with Crippen LogP contribution in [0.15, 0.2) is 24.3 Å². The van der Waals surface area contributed by atoms with Crippen LogP contribution in [0.4, 0.5) is 0 Å². The summed E-state index contributed by atoms with van der Waals surface area (Å²) in [5.41, 5.74) is 1.04. The number of carbonyl (C=O) groups excluding carboxylic acids is 1. The first kappa shape index (κ1) is 16.9. The van der Waals surface area contributed by atoms with E-state index < -0.39 is 12.0 Å². The number of carboxylic acid groups (broad SMARTS) is 1. The van der Waals surface area contributed by atoms with E-state index in [-0.39, 0.29) is 17.6 Å². The molecule has 1 rings (SSSR count). The second kappa shape index (κ2) is 8.17. The number of hydrogen-bond donors (Lipinski definition) is 2. The third kappa shape index (κ3) is 5.84. The van der Waals surface area contributed by atoms with E-state index in [1.165, 1.54) is 11.8 Å². The number of rotatable bonds is 7. The van der Waals surface area contributed by atoms with Crippen LogP contribution in [0, 0.1) is 5.92 Å². The van der Waals surface area contributed by atoms with Gasteiger partial charge in [-0.1, -0.05) is 37.6 Å². The highest BCUT2D eigenvalue weighted by Gasteiger charge is 2.22. The summed E-state index contributed by atoms with van der Waals surface area (Å²) < 4.78 is 0. The first-order valence-electron chi connectivity index (χ1n) is 6.24. The van der Waals surface area contributed by atoms with Crippen molar-refractivity contribution >= 4 is 35.2 Å². The highest BCUT2D eigenvalue weighted by Crippen LogP contribution is 2.16. The Bertz CT molecular complexity index is 479. The molecule has 0 aliphatic heterocycles. The zero-order chi connectivity index (χ0) is 15.1. The first-order chi connectivity index (χ1) is 9.40. The number of halogens is 1. The molecule has 1 atom stereocenters. The Morgan fingerprint density at radius 2 is 2.10 bits per heavy atom. The molecule has 0 aromatic heterocycles. The molecule has 2 N–H and O–H groups in total. The highest BCUT2D eigenvalue weighted by atomic mass is 35.5. The molecule has 0 aliphatic rings. The second-order valence-electron chi connectivity index (χ2n) is 4.75. The van der Waals surface area contributed by atoms with E-state index in [9.17, 15) is 9.59 Å². The average Bonchev–Trinajstić information content (AvgIpc) is 2.35. The summed E-state index contributed by atoms with van der Waals surface area (Å²) in [6, 6.07) is 6.60. The fraction of sp³-hybridized carbons (Fsp3) is 0.429. The Morgan fingerprint density at radius 3 is 2.65 bits per heavy atom. The van der Waals surface area contributed by atoms with E-state index in [0.717, 1.165) is 5.56 Å². The van der Waals surface area contributed by atoms with Crippen molar-refractivity contribution in [3.05, 3.63) is 34.9 Å². The number of carbonyl (C=O) groups is 2. The van der Waals surface area contributed by atoms with E-state index in [1.54, 1.807) is 19.9 Å². The molecule has 1 aromatic rings. The van der Waals surface area contributed by atoms with E-state index in [2.05, 4.69) is 5.32 Å². The fourth-order valence-electron chi connectivity index (χ4n) is 1.62. The van der Waals surface area contributed by atoms with Crippen molar-refractivity contribution in [3.8, 4) is 0 Å². The Labute approximate surface area is 127 Å². The summed E-state index contributed by atoms with van der Waals surface area (Å²) in [7, 11) is 0. The van der Waals surface area contributed by atoms with Gasteiger partial charge in [-0.05, 0) is 23.6 Å². The molecular weight excluding hydrogens is 298 g/mol.